The van der Waals surface area contributed by atoms with Crippen molar-refractivity contribution in [2.45, 2.75) is 10.1 Å². The first-order valence-corrected chi connectivity index (χ1v) is 7.62. The summed E-state index contributed by atoms with van der Waals surface area (Å²) in [5, 5.41) is 0.979. The molecule has 0 aromatic heterocycles. The highest BCUT2D eigenvalue weighted by Gasteiger charge is 2.11. The zero-order valence-electron chi connectivity index (χ0n) is 9.64. The molecule has 1 unspecified atom stereocenters. The van der Waals surface area contributed by atoms with Gasteiger partial charge in [0.25, 0.3) is 0 Å². The summed E-state index contributed by atoms with van der Waals surface area (Å²) < 4.78 is 1.08. The molecule has 0 aliphatic carbocycles. The van der Waals surface area contributed by atoms with E-state index in [1.54, 1.807) is 11.8 Å². The summed E-state index contributed by atoms with van der Waals surface area (Å²) in [7, 11) is 0. The molecule has 0 aliphatic heterocycles. The molecule has 4 heteroatoms. The number of thioether (sulfide) groups is 1. The Morgan fingerprint density at radius 2 is 1.89 bits per heavy atom. The van der Waals surface area contributed by atoms with Crippen molar-refractivity contribution in [3.63, 3.8) is 0 Å². The van der Waals surface area contributed by atoms with E-state index < -0.39 is 0 Å². The molecule has 0 fully saturated rings. The van der Waals surface area contributed by atoms with Gasteiger partial charge < -0.3 is 5.73 Å². The summed E-state index contributed by atoms with van der Waals surface area (Å²) in [6, 6.07) is 16.1. The lowest BCUT2D eigenvalue weighted by molar-refractivity contribution is 0.941. The minimum atomic E-state index is 0.227. The van der Waals surface area contributed by atoms with Crippen molar-refractivity contribution in [1.29, 1.82) is 0 Å². The predicted molar refractivity (Wildman–Crippen MR) is 83.2 cm³/mol. The Hall–Kier alpha value is -0.480. The van der Waals surface area contributed by atoms with Crippen LogP contribution in [0.4, 0.5) is 0 Å². The van der Waals surface area contributed by atoms with Gasteiger partial charge in [0.2, 0.25) is 0 Å². The summed E-state index contributed by atoms with van der Waals surface area (Å²) in [6.45, 7) is 0.584. The van der Waals surface area contributed by atoms with Crippen molar-refractivity contribution < 1.29 is 0 Å². The number of benzene rings is 2. The van der Waals surface area contributed by atoms with E-state index in [-0.39, 0.29) is 5.25 Å². The van der Waals surface area contributed by atoms with Crippen molar-refractivity contribution in [2.24, 2.45) is 5.73 Å². The van der Waals surface area contributed by atoms with E-state index in [1.165, 1.54) is 4.90 Å². The standard InChI is InChI=1S/C14H13BrClNS/c15-11-4-6-13(7-5-11)18-14(9-17)10-2-1-3-12(16)8-10/h1-8,14H,9,17H2. The van der Waals surface area contributed by atoms with Crippen molar-refractivity contribution in [1.82, 2.24) is 0 Å². The average Bonchev–Trinajstić information content (AvgIpc) is 2.38. The molecule has 2 aromatic carbocycles. The van der Waals surface area contributed by atoms with Gasteiger partial charge in [-0.2, -0.15) is 0 Å². The van der Waals surface area contributed by atoms with Crippen LogP contribution in [0, 0.1) is 0 Å². The number of nitrogens with two attached hydrogens (primary N) is 1. The summed E-state index contributed by atoms with van der Waals surface area (Å²) in [4.78, 5) is 1.20. The maximum absolute atomic E-state index is 6.01. The number of rotatable bonds is 4. The molecule has 1 atom stereocenters. The molecule has 0 amide bonds. The highest BCUT2D eigenvalue weighted by Crippen LogP contribution is 2.35. The van der Waals surface area contributed by atoms with Gasteiger partial charge in [-0.15, -0.1) is 11.8 Å². The van der Waals surface area contributed by atoms with E-state index in [4.69, 9.17) is 17.3 Å². The van der Waals surface area contributed by atoms with Gasteiger partial charge in [0.05, 0.1) is 0 Å². The van der Waals surface area contributed by atoms with Gasteiger partial charge in [0.1, 0.15) is 0 Å². The Kier molecular flexibility index (Phi) is 5.13. The largest absolute Gasteiger partial charge is 0.329 e. The molecule has 0 saturated heterocycles. The minimum absolute atomic E-state index is 0.227. The van der Waals surface area contributed by atoms with Crippen LogP contribution in [0.25, 0.3) is 0 Å². The molecule has 0 heterocycles. The smallest absolute Gasteiger partial charge is 0.0467 e. The summed E-state index contributed by atoms with van der Waals surface area (Å²) >= 11 is 11.2. The zero-order chi connectivity index (χ0) is 13.0. The maximum Gasteiger partial charge on any atom is 0.0467 e. The van der Waals surface area contributed by atoms with E-state index in [1.807, 2.05) is 30.3 Å². The lowest BCUT2D eigenvalue weighted by Crippen LogP contribution is -2.09. The second-order valence-corrected chi connectivity index (χ2v) is 6.48. The van der Waals surface area contributed by atoms with Crippen LogP contribution >= 0.6 is 39.3 Å². The third-order valence-electron chi connectivity index (χ3n) is 2.53. The Morgan fingerprint density at radius 3 is 2.50 bits per heavy atom. The second-order valence-electron chi connectivity index (χ2n) is 3.85. The van der Waals surface area contributed by atoms with Crippen LogP contribution in [-0.4, -0.2) is 6.54 Å². The molecule has 2 aromatic rings. The predicted octanol–water partition coefficient (Wildman–Crippen LogP) is 4.89. The first-order chi connectivity index (χ1) is 8.69. The summed E-state index contributed by atoms with van der Waals surface area (Å²) in [5.41, 5.74) is 7.02. The summed E-state index contributed by atoms with van der Waals surface area (Å²) in [5.74, 6) is 0. The molecule has 0 aliphatic rings. The van der Waals surface area contributed by atoms with Crippen LogP contribution in [0.1, 0.15) is 10.8 Å². The van der Waals surface area contributed by atoms with E-state index in [2.05, 4.69) is 34.1 Å². The van der Waals surface area contributed by atoms with Crippen LogP contribution in [0.15, 0.2) is 57.9 Å². The molecule has 0 saturated carbocycles. The van der Waals surface area contributed by atoms with Gasteiger partial charge >= 0.3 is 0 Å². The van der Waals surface area contributed by atoms with Crippen LogP contribution in [0.5, 0.6) is 0 Å². The molecule has 1 nitrogen and oxygen atoms in total. The third kappa shape index (κ3) is 3.75. The number of hydrogen-bond acceptors (Lipinski definition) is 2. The molecule has 2 N–H and O–H groups in total. The van der Waals surface area contributed by atoms with Crippen LogP contribution in [0.3, 0.4) is 0 Å². The lowest BCUT2D eigenvalue weighted by Gasteiger charge is -2.15. The Morgan fingerprint density at radius 1 is 1.17 bits per heavy atom. The fraction of sp³-hybridized carbons (Fsp3) is 0.143. The van der Waals surface area contributed by atoms with Crippen molar-refractivity contribution in [2.75, 3.05) is 6.54 Å². The lowest BCUT2D eigenvalue weighted by atomic mass is 10.1. The first kappa shape index (κ1) is 13.9. The number of hydrogen-bond donors (Lipinski definition) is 1. The molecule has 2 rings (SSSR count). The minimum Gasteiger partial charge on any atom is -0.329 e. The van der Waals surface area contributed by atoms with E-state index in [0.29, 0.717) is 6.54 Å². The molecule has 0 bridgehead atoms. The van der Waals surface area contributed by atoms with Gasteiger partial charge in [-0.25, -0.2) is 0 Å². The Balaban J connectivity index is 2.17. The zero-order valence-corrected chi connectivity index (χ0v) is 12.8. The quantitative estimate of drug-likeness (QED) is 0.800. The molecule has 18 heavy (non-hydrogen) atoms. The fourth-order valence-electron chi connectivity index (χ4n) is 1.64. The summed E-state index contributed by atoms with van der Waals surface area (Å²) in [6.07, 6.45) is 0. The normalized spacial score (nSPS) is 12.4. The second kappa shape index (κ2) is 6.62. The van der Waals surface area contributed by atoms with Crippen LogP contribution < -0.4 is 5.73 Å². The monoisotopic (exact) mass is 341 g/mol. The average molecular weight is 343 g/mol. The van der Waals surface area contributed by atoms with Crippen molar-refractivity contribution in [3.8, 4) is 0 Å². The van der Waals surface area contributed by atoms with Gasteiger partial charge in [0, 0.05) is 26.2 Å². The molecular weight excluding hydrogens is 330 g/mol. The topological polar surface area (TPSA) is 26.0 Å². The van der Waals surface area contributed by atoms with Gasteiger partial charge in [-0.05, 0) is 42.0 Å². The fourth-order valence-corrected chi connectivity index (χ4v) is 3.10. The Bertz CT molecular complexity index is 515. The van der Waals surface area contributed by atoms with E-state index >= 15 is 0 Å². The van der Waals surface area contributed by atoms with E-state index in [9.17, 15) is 0 Å². The van der Waals surface area contributed by atoms with E-state index in [0.717, 1.165) is 15.1 Å². The van der Waals surface area contributed by atoms with Gasteiger partial charge in [-0.3, -0.25) is 0 Å². The first-order valence-electron chi connectivity index (χ1n) is 5.57. The Labute approximate surface area is 125 Å². The van der Waals surface area contributed by atoms with Crippen LogP contribution in [0.2, 0.25) is 5.02 Å². The SMILES string of the molecule is NCC(Sc1ccc(Br)cc1)c1cccc(Cl)c1. The highest BCUT2D eigenvalue weighted by molar-refractivity contribution is 9.10. The molecular formula is C14H13BrClNS. The van der Waals surface area contributed by atoms with Crippen molar-refractivity contribution >= 4 is 39.3 Å². The number of halogens is 2. The third-order valence-corrected chi connectivity index (χ3v) is 4.58. The maximum atomic E-state index is 6.01. The molecule has 0 spiro atoms. The molecule has 0 radical (unpaired) electrons. The van der Waals surface area contributed by atoms with Gasteiger partial charge in [-0.1, -0.05) is 39.7 Å². The van der Waals surface area contributed by atoms with Crippen LogP contribution in [-0.2, 0) is 0 Å². The van der Waals surface area contributed by atoms with Crippen molar-refractivity contribution in [3.05, 3.63) is 63.6 Å². The van der Waals surface area contributed by atoms with Gasteiger partial charge in [0.15, 0.2) is 0 Å². The molecule has 94 valence electrons. The highest BCUT2D eigenvalue weighted by atomic mass is 79.9.